The predicted octanol–water partition coefficient (Wildman–Crippen LogP) is 3.47. The molecule has 1 aromatic heterocycles. The zero-order chi connectivity index (χ0) is 21.6. The number of halogens is 1. The molecule has 1 fully saturated rings. The van der Waals surface area contributed by atoms with E-state index in [0.29, 0.717) is 31.7 Å². The minimum absolute atomic E-state index is 0.125. The van der Waals surface area contributed by atoms with E-state index in [9.17, 15) is 14.0 Å². The van der Waals surface area contributed by atoms with E-state index in [0.717, 1.165) is 11.1 Å². The van der Waals surface area contributed by atoms with E-state index >= 15 is 0 Å². The highest BCUT2D eigenvalue weighted by atomic mass is 19.1. The molecule has 1 saturated heterocycles. The molecule has 1 N–H and O–H groups in total. The van der Waals surface area contributed by atoms with Crippen LogP contribution in [0.5, 0.6) is 0 Å². The maximum Gasteiger partial charge on any atom is 0.225 e. The molecule has 31 heavy (non-hydrogen) atoms. The van der Waals surface area contributed by atoms with Crippen molar-refractivity contribution in [2.45, 2.75) is 13.1 Å². The molecule has 3 aromatic rings. The van der Waals surface area contributed by atoms with Gasteiger partial charge in [0.05, 0.1) is 5.92 Å². The van der Waals surface area contributed by atoms with Gasteiger partial charge in [-0.1, -0.05) is 30.3 Å². The van der Waals surface area contributed by atoms with Crippen LogP contribution in [0.2, 0.25) is 0 Å². The number of hydrogen-bond acceptors (Lipinski definition) is 4. The summed E-state index contributed by atoms with van der Waals surface area (Å²) >= 11 is 0. The van der Waals surface area contributed by atoms with Crippen LogP contribution in [0.25, 0.3) is 0 Å². The van der Waals surface area contributed by atoms with Crippen molar-refractivity contribution >= 4 is 11.7 Å². The zero-order valence-electron chi connectivity index (χ0n) is 17.1. The molecule has 5 nitrogen and oxygen atoms in total. The molecule has 6 heteroatoms. The van der Waals surface area contributed by atoms with Crippen molar-refractivity contribution in [2.24, 2.45) is 11.8 Å². The molecule has 0 spiro atoms. The van der Waals surface area contributed by atoms with E-state index in [1.807, 2.05) is 42.5 Å². The number of carbonyl (C=O) groups excluding carboxylic acids is 2. The third-order valence-electron chi connectivity index (χ3n) is 5.66. The van der Waals surface area contributed by atoms with Crippen molar-refractivity contribution in [2.75, 3.05) is 13.1 Å². The Morgan fingerprint density at radius 1 is 0.903 bits per heavy atom. The normalized spacial score (nSPS) is 18.6. The van der Waals surface area contributed by atoms with Crippen LogP contribution in [0.3, 0.4) is 0 Å². The van der Waals surface area contributed by atoms with Gasteiger partial charge < -0.3 is 5.32 Å². The molecule has 0 unspecified atom stereocenters. The predicted molar refractivity (Wildman–Crippen MR) is 116 cm³/mol. The molecule has 0 saturated carbocycles. The molecular formula is C25H24FN3O2. The van der Waals surface area contributed by atoms with Crippen molar-refractivity contribution in [1.82, 2.24) is 15.2 Å². The zero-order valence-corrected chi connectivity index (χ0v) is 17.1. The molecule has 2 aromatic carbocycles. The topological polar surface area (TPSA) is 62.3 Å². The number of hydrogen-bond donors (Lipinski definition) is 1. The third-order valence-corrected chi connectivity index (χ3v) is 5.66. The van der Waals surface area contributed by atoms with Gasteiger partial charge in [-0.25, -0.2) is 4.39 Å². The van der Waals surface area contributed by atoms with Gasteiger partial charge in [-0.2, -0.15) is 0 Å². The van der Waals surface area contributed by atoms with Gasteiger partial charge in [-0.3, -0.25) is 19.5 Å². The highest BCUT2D eigenvalue weighted by Crippen LogP contribution is 2.29. The number of ketones is 1. The minimum Gasteiger partial charge on any atom is -0.352 e. The second-order valence-corrected chi connectivity index (χ2v) is 7.84. The van der Waals surface area contributed by atoms with Gasteiger partial charge in [-0.05, 0) is 47.5 Å². The molecule has 0 aliphatic carbocycles. The van der Waals surface area contributed by atoms with Gasteiger partial charge in [0.15, 0.2) is 5.78 Å². The van der Waals surface area contributed by atoms with Crippen LogP contribution in [0.1, 0.15) is 21.5 Å². The average Bonchev–Trinajstić information content (AvgIpc) is 3.22. The van der Waals surface area contributed by atoms with Crippen molar-refractivity contribution < 1.29 is 14.0 Å². The smallest absolute Gasteiger partial charge is 0.225 e. The van der Waals surface area contributed by atoms with Crippen LogP contribution >= 0.6 is 0 Å². The molecule has 0 radical (unpaired) electrons. The summed E-state index contributed by atoms with van der Waals surface area (Å²) in [5.74, 6) is -1.61. The third kappa shape index (κ3) is 5.22. The Kier molecular flexibility index (Phi) is 6.48. The number of aromatic nitrogens is 1. The van der Waals surface area contributed by atoms with Gasteiger partial charge in [0, 0.05) is 50.1 Å². The molecular weight excluding hydrogens is 393 g/mol. The fourth-order valence-corrected chi connectivity index (χ4v) is 4.04. The van der Waals surface area contributed by atoms with Crippen LogP contribution in [0.15, 0.2) is 79.1 Å². The molecule has 1 aliphatic heterocycles. The monoisotopic (exact) mass is 417 g/mol. The number of nitrogens with zero attached hydrogens (tertiary/aromatic N) is 2. The first kappa shape index (κ1) is 20.9. The van der Waals surface area contributed by atoms with E-state index in [-0.39, 0.29) is 17.5 Å². The van der Waals surface area contributed by atoms with Crippen molar-refractivity contribution in [3.05, 3.63) is 102 Å². The molecule has 0 bridgehead atoms. The summed E-state index contributed by atoms with van der Waals surface area (Å²) in [5.41, 5.74) is 2.51. The second kappa shape index (κ2) is 9.62. The highest BCUT2D eigenvalue weighted by molar-refractivity contribution is 6.01. The number of benzene rings is 2. The first-order chi connectivity index (χ1) is 15.1. The van der Waals surface area contributed by atoms with Crippen LogP contribution in [-0.2, 0) is 17.9 Å². The standard InChI is InChI=1S/C25H24FN3O2/c26-21-8-6-20(7-9-21)24(30)22-16-29(15-19-4-2-1-3-5-19)17-23(22)25(31)28-14-18-10-12-27-13-11-18/h1-13,22-23H,14-17H2,(H,28,31)/t22-,23-/m1/s1. The number of rotatable bonds is 7. The maximum absolute atomic E-state index is 13.3. The number of Topliss-reactive ketones (excluding diaryl/α,β-unsaturated/α-hetero) is 1. The molecule has 2 atom stereocenters. The fraction of sp³-hybridized carbons (Fsp3) is 0.240. The van der Waals surface area contributed by atoms with Crippen molar-refractivity contribution in [3.63, 3.8) is 0 Å². The second-order valence-electron chi connectivity index (χ2n) is 7.84. The number of nitrogens with one attached hydrogen (secondary N) is 1. The van der Waals surface area contributed by atoms with Crippen LogP contribution in [0, 0.1) is 17.7 Å². The summed E-state index contributed by atoms with van der Waals surface area (Å²) < 4.78 is 13.3. The lowest BCUT2D eigenvalue weighted by Crippen LogP contribution is -2.37. The first-order valence-electron chi connectivity index (χ1n) is 10.3. The fourth-order valence-electron chi connectivity index (χ4n) is 4.04. The Balaban J connectivity index is 1.50. The average molecular weight is 417 g/mol. The molecule has 158 valence electrons. The van der Waals surface area contributed by atoms with Crippen molar-refractivity contribution in [1.29, 1.82) is 0 Å². The number of pyridine rings is 1. The van der Waals surface area contributed by atoms with Gasteiger partial charge in [-0.15, -0.1) is 0 Å². The van der Waals surface area contributed by atoms with E-state index in [4.69, 9.17) is 0 Å². The summed E-state index contributed by atoms with van der Waals surface area (Å²) in [5, 5.41) is 2.97. The first-order valence-corrected chi connectivity index (χ1v) is 10.3. The number of amides is 1. The summed E-state index contributed by atoms with van der Waals surface area (Å²) in [6, 6.07) is 19.2. The van der Waals surface area contributed by atoms with E-state index in [2.05, 4.69) is 15.2 Å². The van der Waals surface area contributed by atoms with Crippen LogP contribution in [0.4, 0.5) is 4.39 Å². The van der Waals surface area contributed by atoms with Crippen LogP contribution in [-0.4, -0.2) is 34.7 Å². The van der Waals surface area contributed by atoms with Gasteiger partial charge in [0.1, 0.15) is 5.82 Å². The molecule has 1 aliphatic rings. The minimum atomic E-state index is -0.480. The summed E-state index contributed by atoms with van der Waals surface area (Å²) in [6.45, 7) is 2.03. The Morgan fingerprint density at radius 3 is 2.29 bits per heavy atom. The lowest BCUT2D eigenvalue weighted by Gasteiger charge is -2.17. The highest BCUT2D eigenvalue weighted by Gasteiger charge is 2.41. The Morgan fingerprint density at radius 2 is 1.58 bits per heavy atom. The van der Waals surface area contributed by atoms with Gasteiger partial charge >= 0.3 is 0 Å². The SMILES string of the molecule is O=C(NCc1ccncc1)[C@@H]1CN(Cc2ccccc2)C[C@H]1C(=O)c1ccc(F)cc1. The largest absolute Gasteiger partial charge is 0.352 e. The summed E-state index contributed by atoms with van der Waals surface area (Å²) in [7, 11) is 0. The van der Waals surface area contributed by atoms with Gasteiger partial charge in [0.25, 0.3) is 0 Å². The van der Waals surface area contributed by atoms with Crippen LogP contribution < -0.4 is 5.32 Å². The van der Waals surface area contributed by atoms with E-state index in [1.165, 1.54) is 24.3 Å². The molecule has 2 heterocycles. The number of likely N-dealkylation sites (tertiary alicyclic amines) is 1. The number of carbonyl (C=O) groups is 2. The molecule has 4 rings (SSSR count). The van der Waals surface area contributed by atoms with Gasteiger partial charge in [0.2, 0.25) is 5.91 Å². The Bertz CT molecular complexity index is 1030. The molecule has 1 amide bonds. The van der Waals surface area contributed by atoms with E-state index in [1.54, 1.807) is 12.4 Å². The summed E-state index contributed by atoms with van der Waals surface area (Å²) in [4.78, 5) is 32.4. The van der Waals surface area contributed by atoms with Crippen molar-refractivity contribution in [3.8, 4) is 0 Å². The summed E-state index contributed by atoms with van der Waals surface area (Å²) in [6.07, 6.45) is 3.36. The Labute approximate surface area is 180 Å². The van der Waals surface area contributed by atoms with E-state index < -0.39 is 11.8 Å². The maximum atomic E-state index is 13.3. The lowest BCUT2D eigenvalue weighted by atomic mass is 9.87. The Hall–Kier alpha value is -3.38. The quantitative estimate of drug-likeness (QED) is 0.598. The lowest BCUT2D eigenvalue weighted by molar-refractivity contribution is -0.125.